The van der Waals surface area contributed by atoms with Crippen molar-refractivity contribution < 1.29 is 4.79 Å². The third kappa shape index (κ3) is 6.12. The molecule has 3 rings (SSSR count). The van der Waals surface area contributed by atoms with Gasteiger partial charge in [0.1, 0.15) is 0 Å². The lowest BCUT2D eigenvalue weighted by molar-refractivity contribution is 0.117. The number of urea groups is 1. The zero-order valence-electron chi connectivity index (χ0n) is 16.8. The van der Waals surface area contributed by atoms with Gasteiger partial charge in [0.25, 0.3) is 0 Å². The number of piperidine rings is 2. The quantitative estimate of drug-likeness (QED) is 0.761. The van der Waals surface area contributed by atoms with E-state index < -0.39 is 0 Å². The summed E-state index contributed by atoms with van der Waals surface area (Å²) < 4.78 is 0. The number of nitrogens with one attached hydrogen (secondary N) is 2. The first-order valence-corrected chi connectivity index (χ1v) is 11.3. The molecule has 3 aliphatic rings. The van der Waals surface area contributed by atoms with E-state index in [1.807, 2.05) is 0 Å². The second-order valence-corrected chi connectivity index (χ2v) is 8.74. The number of hydrogen-bond donors (Lipinski definition) is 2. The van der Waals surface area contributed by atoms with E-state index in [0.29, 0.717) is 12.0 Å². The largest absolute Gasteiger partial charge is 0.338 e. The van der Waals surface area contributed by atoms with Crippen LogP contribution in [0.25, 0.3) is 0 Å². The molecule has 2 saturated heterocycles. The maximum atomic E-state index is 12.3. The molecule has 0 aromatic carbocycles. The van der Waals surface area contributed by atoms with Crippen LogP contribution in [0.15, 0.2) is 0 Å². The van der Waals surface area contributed by atoms with Crippen LogP contribution < -0.4 is 10.6 Å². The summed E-state index contributed by atoms with van der Waals surface area (Å²) in [6, 6.07) is 1.23. The van der Waals surface area contributed by atoms with Crippen LogP contribution in [0.3, 0.4) is 0 Å². The Labute approximate surface area is 160 Å². The molecule has 2 heterocycles. The molecule has 0 spiro atoms. The van der Waals surface area contributed by atoms with E-state index in [0.717, 1.165) is 38.5 Å². The lowest BCUT2D eigenvalue weighted by atomic mass is 9.92. The average Bonchev–Trinajstić information content (AvgIpc) is 2.69. The molecule has 26 heavy (non-hydrogen) atoms. The van der Waals surface area contributed by atoms with Crippen LogP contribution in [0.5, 0.6) is 0 Å². The molecule has 0 bridgehead atoms. The van der Waals surface area contributed by atoms with Gasteiger partial charge in [-0.25, -0.2) is 4.79 Å². The minimum absolute atomic E-state index is 0.0529. The summed E-state index contributed by atoms with van der Waals surface area (Å²) in [6.45, 7) is 9.02. The van der Waals surface area contributed by atoms with Crippen molar-refractivity contribution in [3.05, 3.63) is 0 Å². The molecule has 1 saturated carbocycles. The normalized spacial score (nSPS) is 25.3. The van der Waals surface area contributed by atoms with E-state index in [-0.39, 0.29) is 6.03 Å². The standard InChI is InChI=1S/C21H40N4O/c1-2-12-24-13-8-18(9-14-24)17-22-21(26)23-19-10-15-25(16-11-19)20-6-4-3-5-7-20/h18-20H,2-17H2,1H3,(H2,22,23,26). The first-order valence-electron chi connectivity index (χ1n) is 11.3. The minimum Gasteiger partial charge on any atom is -0.338 e. The fraction of sp³-hybridized carbons (Fsp3) is 0.952. The predicted octanol–water partition coefficient (Wildman–Crippen LogP) is 3.20. The number of amides is 2. The van der Waals surface area contributed by atoms with Gasteiger partial charge in [-0.1, -0.05) is 26.2 Å². The second-order valence-electron chi connectivity index (χ2n) is 8.74. The van der Waals surface area contributed by atoms with E-state index in [9.17, 15) is 4.79 Å². The first kappa shape index (κ1) is 19.9. The first-order chi connectivity index (χ1) is 12.7. The molecule has 2 N–H and O–H groups in total. The minimum atomic E-state index is 0.0529. The smallest absolute Gasteiger partial charge is 0.315 e. The lowest BCUT2D eigenvalue weighted by Gasteiger charge is -2.39. The van der Waals surface area contributed by atoms with Crippen LogP contribution in [0, 0.1) is 5.92 Å². The van der Waals surface area contributed by atoms with Gasteiger partial charge in [-0.15, -0.1) is 0 Å². The van der Waals surface area contributed by atoms with Gasteiger partial charge in [-0.05, 0) is 70.5 Å². The van der Waals surface area contributed by atoms with E-state index in [2.05, 4.69) is 27.4 Å². The van der Waals surface area contributed by atoms with Crippen molar-refractivity contribution in [1.29, 1.82) is 0 Å². The Bertz CT molecular complexity index is 408. The molecule has 0 aromatic rings. The van der Waals surface area contributed by atoms with Crippen LogP contribution >= 0.6 is 0 Å². The summed E-state index contributed by atoms with van der Waals surface area (Å²) in [6.07, 6.45) is 12.9. The lowest BCUT2D eigenvalue weighted by Crippen LogP contribution is -2.51. The maximum absolute atomic E-state index is 12.3. The zero-order chi connectivity index (χ0) is 18.2. The van der Waals surface area contributed by atoms with Crippen molar-refractivity contribution in [2.75, 3.05) is 39.3 Å². The van der Waals surface area contributed by atoms with Crippen molar-refractivity contribution in [2.24, 2.45) is 5.92 Å². The Morgan fingerprint density at radius 2 is 1.62 bits per heavy atom. The van der Waals surface area contributed by atoms with Crippen molar-refractivity contribution in [3.63, 3.8) is 0 Å². The van der Waals surface area contributed by atoms with Crippen LogP contribution in [0.2, 0.25) is 0 Å². The van der Waals surface area contributed by atoms with Gasteiger partial charge in [-0.2, -0.15) is 0 Å². The third-order valence-electron chi connectivity index (χ3n) is 6.75. The van der Waals surface area contributed by atoms with Crippen LogP contribution in [0.1, 0.15) is 71.1 Å². The predicted molar refractivity (Wildman–Crippen MR) is 107 cm³/mol. The summed E-state index contributed by atoms with van der Waals surface area (Å²) in [7, 11) is 0. The van der Waals surface area contributed by atoms with Gasteiger partial charge >= 0.3 is 6.03 Å². The third-order valence-corrected chi connectivity index (χ3v) is 6.75. The number of nitrogens with zero attached hydrogens (tertiary/aromatic N) is 2. The Hall–Kier alpha value is -0.810. The Morgan fingerprint density at radius 1 is 0.923 bits per heavy atom. The molecular formula is C21H40N4O. The van der Waals surface area contributed by atoms with Gasteiger partial charge in [0.05, 0.1) is 0 Å². The highest BCUT2D eigenvalue weighted by Gasteiger charge is 2.27. The summed E-state index contributed by atoms with van der Waals surface area (Å²) in [4.78, 5) is 17.5. The molecular weight excluding hydrogens is 324 g/mol. The van der Waals surface area contributed by atoms with Crippen molar-refractivity contribution in [1.82, 2.24) is 20.4 Å². The maximum Gasteiger partial charge on any atom is 0.315 e. The highest BCUT2D eigenvalue weighted by Crippen LogP contribution is 2.25. The molecule has 0 aromatic heterocycles. The fourth-order valence-corrected chi connectivity index (χ4v) is 5.06. The topological polar surface area (TPSA) is 47.6 Å². The molecule has 0 atom stereocenters. The fourth-order valence-electron chi connectivity index (χ4n) is 5.06. The molecule has 0 unspecified atom stereocenters. The molecule has 5 nitrogen and oxygen atoms in total. The molecule has 150 valence electrons. The number of carbonyl (C=O) groups excluding carboxylic acids is 1. The number of likely N-dealkylation sites (tertiary alicyclic amines) is 2. The van der Waals surface area contributed by atoms with Crippen LogP contribution in [-0.4, -0.2) is 67.2 Å². The van der Waals surface area contributed by atoms with Crippen LogP contribution in [0.4, 0.5) is 4.79 Å². The average molecular weight is 365 g/mol. The van der Waals surface area contributed by atoms with Crippen molar-refractivity contribution in [2.45, 2.75) is 83.2 Å². The highest BCUT2D eigenvalue weighted by atomic mass is 16.2. The summed E-state index contributed by atoms with van der Waals surface area (Å²) >= 11 is 0. The molecule has 2 aliphatic heterocycles. The van der Waals surface area contributed by atoms with Gasteiger partial charge in [0, 0.05) is 31.7 Å². The van der Waals surface area contributed by atoms with E-state index in [1.54, 1.807) is 0 Å². The van der Waals surface area contributed by atoms with Crippen molar-refractivity contribution in [3.8, 4) is 0 Å². The Kier molecular flexibility index (Phi) is 8.06. The highest BCUT2D eigenvalue weighted by molar-refractivity contribution is 5.74. The zero-order valence-corrected chi connectivity index (χ0v) is 16.8. The SMILES string of the molecule is CCCN1CCC(CNC(=O)NC2CCN(C3CCCCC3)CC2)CC1. The van der Waals surface area contributed by atoms with Gasteiger partial charge in [-0.3, -0.25) is 0 Å². The summed E-state index contributed by atoms with van der Waals surface area (Å²) in [5.74, 6) is 0.655. The monoisotopic (exact) mass is 364 g/mol. The molecule has 5 heteroatoms. The number of hydrogen-bond acceptors (Lipinski definition) is 3. The van der Waals surface area contributed by atoms with E-state index in [1.165, 1.54) is 71.0 Å². The Balaban J connectivity index is 1.27. The van der Waals surface area contributed by atoms with E-state index >= 15 is 0 Å². The van der Waals surface area contributed by atoms with Crippen LogP contribution in [-0.2, 0) is 0 Å². The van der Waals surface area contributed by atoms with E-state index in [4.69, 9.17) is 0 Å². The van der Waals surface area contributed by atoms with Gasteiger partial charge in [0.2, 0.25) is 0 Å². The second kappa shape index (κ2) is 10.5. The Morgan fingerprint density at radius 3 is 2.27 bits per heavy atom. The van der Waals surface area contributed by atoms with Gasteiger partial charge < -0.3 is 20.4 Å². The molecule has 2 amide bonds. The van der Waals surface area contributed by atoms with Gasteiger partial charge in [0.15, 0.2) is 0 Å². The molecule has 3 fully saturated rings. The molecule has 0 radical (unpaired) electrons. The number of rotatable bonds is 6. The summed E-state index contributed by atoms with van der Waals surface area (Å²) in [5, 5.41) is 6.36. The number of carbonyl (C=O) groups is 1. The van der Waals surface area contributed by atoms with Crippen molar-refractivity contribution >= 4 is 6.03 Å². The summed E-state index contributed by atoms with van der Waals surface area (Å²) in [5.41, 5.74) is 0. The molecule has 1 aliphatic carbocycles.